The van der Waals surface area contributed by atoms with Gasteiger partial charge in [0.05, 0.1) is 5.41 Å². The summed E-state index contributed by atoms with van der Waals surface area (Å²) in [4.78, 5) is 33.7. The van der Waals surface area contributed by atoms with Crippen molar-refractivity contribution in [3.8, 4) is 0 Å². The third kappa shape index (κ3) is 6.96. The first-order valence-corrected chi connectivity index (χ1v) is 21.4. The predicted octanol–water partition coefficient (Wildman–Crippen LogP) is 14.0. The minimum atomic E-state index is -4.28. The molecule has 0 spiro atoms. The fraction of sp³-hybridized carbons (Fsp3) is 0.348. The number of halogens is 3. The van der Waals surface area contributed by atoms with Gasteiger partial charge in [0.15, 0.2) is 11.6 Å². The molecule has 2 atom stereocenters. The lowest BCUT2D eigenvalue weighted by Gasteiger charge is -2.46. The number of carbonyl (C=O) groups excluding carboxylic acids is 2. The summed E-state index contributed by atoms with van der Waals surface area (Å²) < 4.78 is 44.9. The summed E-state index contributed by atoms with van der Waals surface area (Å²) in [6.45, 7) is 6.50. The van der Waals surface area contributed by atoms with E-state index < -0.39 is 11.6 Å². The second kappa shape index (κ2) is 14.6. The number of benzene rings is 5. The quantitative estimate of drug-likeness (QED) is 0.161. The summed E-state index contributed by atoms with van der Waals surface area (Å²) in [7, 11) is 0. The van der Waals surface area contributed by atoms with Gasteiger partial charge >= 0.3 is 6.18 Å². The molecule has 0 radical (unpaired) electrons. The van der Waals surface area contributed by atoms with Crippen LogP contribution in [0.4, 0.5) is 13.2 Å². The fourth-order valence-corrected chi connectivity index (χ4v) is 12.3. The topological polar surface area (TPSA) is 34.1 Å². The zero-order valence-corrected chi connectivity index (χ0v) is 33.2. The molecule has 8 rings (SSSR count). The Balaban J connectivity index is 1.19. The van der Waals surface area contributed by atoms with E-state index in [-0.39, 0.29) is 41.0 Å². The van der Waals surface area contributed by atoms with Gasteiger partial charge in [-0.3, -0.25) is 9.59 Å². The van der Waals surface area contributed by atoms with Crippen molar-refractivity contribution in [2.45, 2.75) is 113 Å². The monoisotopic (exact) mass is 780 g/mol. The van der Waals surface area contributed by atoms with Crippen LogP contribution in [-0.2, 0) is 5.41 Å². The fourth-order valence-electron chi connectivity index (χ4n) is 8.88. The van der Waals surface area contributed by atoms with Crippen LogP contribution in [0, 0.1) is 11.3 Å². The van der Waals surface area contributed by atoms with Gasteiger partial charge in [0.2, 0.25) is 0 Å². The van der Waals surface area contributed by atoms with E-state index in [2.05, 4.69) is 69.3 Å². The molecule has 0 saturated heterocycles. The highest BCUT2D eigenvalue weighted by molar-refractivity contribution is 8.00. The van der Waals surface area contributed by atoms with E-state index >= 15 is 4.79 Å². The third-order valence-corrected chi connectivity index (χ3v) is 15.2. The Kier molecular flexibility index (Phi) is 10.1. The van der Waals surface area contributed by atoms with Gasteiger partial charge in [0.25, 0.3) is 0 Å². The minimum Gasteiger partial charge on any atom is -0.289 e. The van der Waals surface area contributed by atoms with E-state index in [9.17, 15) is 18.0 Å². The van der Waals surface area contributed by atoms with Crippen molar-refractivity contribution in [2.24, 2.45) is 11.3 Å². The molecule has 278 valence electrons. The van der Waals surface area contributed by atoms with Gasteiger partial charge in [-0.25, -0.2) is 0 Å². The average molecular weight is 781 g/mol. The summed E-state index contributed by atoms with van der Waals surface area (Å²) >= 11 is 4.31. The molecular formula is C46H43F3O2S3. The molecule has 0 amide bonds. The highest BCUT2D eigenvalue weighted by atomic mass is 32.2. The lowest BCUT2D eigenvalue weighted by Crippen LogP contribution is -2.47. The maximum absolute atomic E-state index is 15.0. The van der Waals surface area contributed by atoms with Crippen molar-refractivity contribution < 1.29 is 22.8 Å². The highest BCUT2D eigenvalue weighted by Gasteiger charge is 2.60. The molecule has 54 heavy (non-hydrogen) atoms. The van der Waals surface area contributed by atoms with Gasteiger partial charge in [-0.2, -0.15) is 13.2 Å². The highest BCUT2D eigenvalue weighted by Crippen LogP contribution is 2.60. The second-order valence-electron chi connectivity index (χ2n) is 16.1. The normalized spacial score (nSPS) is 20.7. The average Bonchev–Trinajstić information content (AvgIpc) is 3.70. The van der Waals surface area contributed by atoms with Gasteiger partial charge < -0.3 is 0 Å². The summed E-state index contributed by atoms with van der Waals surface area (Å²) in [5, 5.41) is 1.90. The van der Waals surface area contributed by atoms with Gasteiger partial charge in [-0.1, -0.05) is 118 Å². The SMILES string of the molecule is CC(C)(C)c1ccc(Sc2ccc(Sc3ccc4ccccc4c3)c3c2C(=O)c2c(SC4CCCC(C5CCCC5)(C(F)(F)F)C4)cccc2C3=O)cc1. The minimum absolute atomic E-state index is 0.0145. The molecule has 8 heteroatoms. The maximum atomic E-state index is 15.0. The van der Waals surface area contributed by atoms with Gasteiger partial charge in [-0.15, -0.1) is 11.8 Å². The van der Waals surface area contributed by atoms with Crippen LogP contribution >= 0.6 is 35.3 Å². The van der Waals surface area contributed by atoms with E-state index in [4.69, 9.17) is 0 Å². The number of carbonyl (C=O) groups is 2. The number of hydrogen-bond donors (Lipinski definition) is 0. The number of hydrogen-bond acceptors (Lipinski definition) is 5. The van der Waals surface area contributed by atoms with Crippen molar-refractivity contribution in [3.63, 3.8) is 0 Å². The number of rotatable bonds is 7. The van der Waals surface area contributed by atoms with Crippen LogP contribution in [0.2, 0.25) is 0 Å². The summed E-state index contributed by atoms with van der Waals surface area (Å²) in [6, 6.07) is 31.8. The zero-order chi connectivity index (χ0) is 37.8. The first-order chi connectivity index (χ1) is 25.8. The van der Waals surface area contributed by atoms with E-state index in [1.807, 2.05) is 36.4 Å². The van der Waals surface area contributed by atoms with Crippen LogP contribution < -0.4 is 0 Å². The van der Waals surface area contributed by atoms with E-state index in [0.29, 0.717) is 62.6 Å². The first kappa shape index (κ1) is 37.5. The predicted molar refractivity (Wildman–Crippen MR) is 216 cm³/mol. The van der Waals surface area contributed by atoms with Crippen molar-refractivity contribution in [3.05, 3.63) is 125 Å². The van der Waals surface area contributed by atoms with Gasteiger partial charge in [0, 0.05) is 52.0 Å². The number of thioether (sulfide) groups is 1. The number of alkyl halides is 3. The molecule has 5 aromatic carbocycles. The third-order valence-electron chi connectivity index (χ3n) is 11.7. The second-order valence-corrected chi connectivity index (χ2v) is 19.7. The van der Waals surface area contributed by atoms with Crippen molar-refractivity contribution in [2.75, 3.05) is 0 Å². The van der Waals surface area contributed by atoms with Crippen LogP contribution in [0.5, 0.6) is 0 Å². The van der Waals surface area contributed by atoms with Crippen LogP contribution in [0.1, 0.15) is 110 Å². The van der Waals surface area contributed by atoms with Gasteiger partial charge in [0.1, 0.15) is 0 Å². The van der Waals surface area contributed by atoms with E-state index in [1.165, 1.54) is 40.8 Å². The molecular weight excluding hydrogens is 738 g/mol. The van der Waals surface area contributed by atoms with Crippen molar-refractivity contribution in [1.82, 2.24) is 0 Å². The van der Waals surface area contributed by atoms with Crippen LogP contribution in [0.3, 0.4) is 0 Å². The largest absolute Gasteiger partial charge is 0.394 e. The molecule has 0 bridgehead atoms. The Morgan fingerprint density at radius 3 is 1.96 bits per heavy atom. The molecule has 0 heterocycles. The lowest BCUT2D eigenvalue weighted by atomic mass is 9.64. The molecule has 2 nitrogen and oxygen atoms in total. The Labute approximate surface area is 328 Å². The maximum Gasteiger partial charge on any atom is 0.394 e. The van der Waals surface area contributed by atoms with Gasteiger partial charge in [-0.05, 0) is 102 Å². The first-order valence-electron chi connectivity index (χ1n) is 18.9. The number of fused-ring (bicyclic) bond motifs is 3. The summed E-state index contributed by atoms with van der Waals surface area (Å²) in [6.07, 6.45) is 0.0459. The summed E-state index contributed by atoms with van der Waals surface area (Å²) in [5.74, 6) is -0.822. The van der Waals surface area contributed by atoms with E-state index in [0.717, 1.165) is 33.4 Å². The molecule has 2 unspecified atom stereocenters. The van der Waals surface area contributed by atoms with Crippen molar-refractivity contribution in [1.29, 1.82) is 0 Å². The molecule has 0 aliphatic heterocycles. The lowest BCUT2D eigenvalue weighted by molar-refractivity contribution is -0.252. The Bertz CT molecular complexity index is 2250. The molecule has 5 aromatic rings. The smallest absolute Gasteiger partial charge is 0.289 e. The number of ketones is 2. The van der Waals surface area contributed by atoms with E-state index in [1.54, 1.807) is 12.1 Å². The molecule has 0 N–H and O–H groups in total. The standard InChI is InChI=1S/C46H43F3O2S3/c1-44(2,3)30-18-21-32(22-19-30)52-38-24-23-37(53-33-20-17-28-10-4-5-11-29(28)26-33)40-41(38)43(51)39-35(42(40)50)15-8-16-36(39)54-34-14-9-25-45(27-34,46(47,48)49)31-12-6-7-13-31/h4-5,8,10-11,15-24,26,31,34H,6-7,9,12-14,25,27H2,1-3H3. The Morgan fingerprint density at radius 2 is 1.28 bits per heavy atom. The Hall–Kier alpha value is -3.46. The Morgan fingerprint density at radius 1 is 0.630 bits per heavy atom. The van der Waals surface area contributed by atoms with Crippen LogP contribution in [0.15, 0.2) is 122 Å². The van der Waals surface area contributed by atoms with Crippen LogP contribution in [0.25, 0.3) is 10.8 Å². The molecule has 3 aliphatic carbocycles. The molecule has 3 aliphatic rings. The molecule has 0 aromatic heterocycles. The molecule has 2 saturated carbocycles. The van der Waals surface area contributed by atoms with Crippen molar-refractivity contribution >= 4 is 57.6 Å². The summed E-state index contributed by atoms with van der Waals surface area (Å²) in [5.41, 5.74) is 0.893. The zero-order valence-electron chi connectivity index (χ0n) is 30.7. The van der Waals surface area contributed by atoms with Crippen LogP contribution in [-0.4, -0.2) is 23.0 Å². The molecule has 2 fully saturated rings.